The highest BCUT2D eigenvalue weighted by Crippen LogP contribution is 2.43. The Bertz CT molecular complexity index is 2660. The van der Waals surface area contributed by atoms with E-state index in [-0.39, 0.29) is 73.4 Å². The van der Waals surface area contributed by atoms with Gasteiger partial charge in [0.15, 0.2) is 11.2 Å². The predicted octanol–water partition coefficient (Wildman–Crippen LogP) is 7.33. The number of nitrogens with zero attached hydrogens (tertiary/aromatic N) is 7. The van der Waals surface area contributed by atoms with E-state index in [0.29, 0.717) is 17.9 Å². The summed E-state index contributed by atoms with van der Waals surface area (Å²) >= 11 is 0. The van der Waals surface area contributed by atoms with Crippen molar-refractivity contribution in [3.8, 4) is 23.4 Å². The van der Waals surface area contributed by atoms with Crippen LogP contribution in [0.15, 0.2) is 114 Å². The number of hydrogen-bond donors (Lipinski definition) is 1. The quantitative estimate of drug-likeness (QED) is 0.0231. The molecule has 0 saturated carbocycles. The van der Waals surface area contributed by atoms with Crippen LogP contribution in [0.1, 0.15) is 69.0 Å². The minimum atomic E-state index is -1.22. The Kier molecular flexibility index (Phi) is 16.0. The molecule has 0 amide bonds. The van der Waals surface area contributed by atoms with Gasteiger partial charge in [0.25, 0.3) is 11.2 Å². The number of anilines is 1. The van der Waals surface area contributed by atoms with Gasteiger partial charge in [0.2, 0.25) is 18.2 Å². The smallest absolute Gasteiger partial charge is 0.272 e. The summed E-state index contributed by atoms with van der Waals surface area (Å²) in [5.74, 6) is 1.20. The maximum absolute atomic E-state index is 14.1. The summed E-state index contributed by atoms with van der Waals surface area (Å²) in [5, 5.41) is 20.6. The van der Waals surface area contributed by atoms with Gasteiger partial charge >= 0.3 is 0 Å². The number of methoxy groups -OCH3 is 2. The zero-order chi connectivity index (χ0) is 48.4. The number of nitrogens with two attached hydrogens (primary N) is 1. The fraction of sp³-hybridized carbons (Fsp3) is 0.380. The lowest BCUT2D eigenvalue weighted by Gasteiger charge is -2.40. The Hall–Kier alpha value is -7.01. The monoisotopic (exact) mass is 928 g/mol. The van der Waals surface area contributed by atoms with Crippen LogP contribution in [0.2, 0.25) is 0 Å². The van der Waals surface area contributed by atoms with Crippen molar-refractivity contribution in [3.05, 3.63) is 152 Å². The van der Waals surface area contributed by atoms with E-state index in [1.165, 1.54) is 16.7 Å². The van der Waals surface area contributed by atoms with Crippen LogP contribution in [0.5, 0.6) is 17.4 Å². The van der Waals surface area contributed by atoms with Gasteiger partial charge in [0.05, 0.1) is 63.8 Å². The standard InChI is InChI=1S/C50H56N8O10/c1-32(2)56(33(3)4)49(65-27-10-26-51)68-41-29-44(57-43(59)30-53-45-46(57)54-48(52)55-47(45)64-28-25-34-13-19-38(20-14-34)58(60)61)67-42(41)31-66-50(35-11-8-7-9-12-35,36-15-21-39(62-5)22-16-36)37-17-23-40(63-6)24-18-37/h7-9,11-24,30,32-33,41-42,44,49H,10,25,27-29,31H2,1-6H3,(H2,52,54,55)/t41-,42+,44+,49?/m0/s1. The zero-order valence-corrected chi connectivity index (χ0v) is 38.9. The van der Waals surface area contributed by atoms with E-state index in [1.807, 2.05) is 107 Å². The molecule has 2 N–H and O–H groups in total. The zero-order valence-electron chi connectivity index (χ0n) is 38.9. The molecule has 7 rings (SSSR count). The molecular weight excluding hydrogens is 873 g/mol. The highest BCUT2D eigenvalue weighted by molar-refractivity contribution is 5.77. The molecule has 1 aliphatic rings. The molecule has 18 nitrogen and oxygen atoms in total. The first kappa shape index (κ1) is 48.9. The summed E-state index contributed by atoms with van der Waals surface area (Å²) < 4.78 is 46.1. The molecule has 1 fully saturated rings. The lowest BCUT2D eigenvalue weighted by atomic mass is 9.80. The average Bonchev–Trinajstić information content (AvgIpc) is 3.73. The molecule has 68 heavy (non-hydrogen) atoms. The van der Waals surface area contributed by atoms with E-state index >= 15 is 0 Å². The van der Waals surface area contributed by atoms with E-state index in [1.54, 1.807) is 26.4 Å². The largest absolute Gasteiger partial charge is 0.497 e. The lowest BCUT2D eigenvalue weighted by molar-refractivity contribution is -0.384. The van der Waals surface area contributed by atoms with Crippen molar-refractivity contribution in [2.75, 3.05) is 39.8 Å². The number of nitro groups is 1. The third kappa shape index (κ3) is 10.9. The number of rotatable bonds is 22. The Morgan fingerprint density at radius 3 is 2.09 bits per heavy atom. The molecule has 2 aromatic heterocycles. The molecule has 0 radical (unpaired) electrons. The number of nitriles is 1. The van der Waals surface area contributed by atoms with Crippen LogP contribution in [0.25, 0.3) is 11.2 Å². The van der Waals surface area contributed by atoms with Crippen molar-refractivity contribution in [3.63, 3.8) is 0 Å². The Balaban J connectivity index is 1.29. The van der Waals surface area contributed by atoms with E-state index in [2.05, 4.69) is 25.9 Å². The fourth-order valence-corrected chi connectivity index (χ4v) is 8.50. The second-order valence-corrected chi connectivity index (χ2v) is 16.6. The topological polar surface area (TPSA) is 221 Å². The van der Waals surface area contributed by atoms with Gasteiger partial charge in [-0.2, -0.15) is 15.2 Å². The number of benzene rings is 4. The van der Waals surface area contributed by atoms with Gasteiger partial charge in [-0.05, 0) is 74.2 Å². The second-order valence-electron chi connectivity index (χ2n) is 16.6. The summed E-state index contributed by atoms with van der Waals surface area (Å²) in [6.07, 6.45) is -1.72. The van der Waals surface area contributed by atoms with Crippen molar-refractivity contribution in [1.82, 2.24) is 24.4 Å². The number of fused-ring (bicyclic) bond motifs is 1. The van der Waals surface area contributed by atoms with Gasteiger partial charge in [-0.25, -0.2) is 4.98 Å². The van der Waals surface area contributed by atoms with Crippen LogP contribution in [0.3, 0.4) is 0 Å². The van der Waals surface area contributed by atoms with Crippen LogP contribution in [0.4, 0.5) is 11.6 Å². The van der Waals surface area contributed by atoms with Crippen molar-refractivity contribution in [2.45, 2.75) is 89.5 Å². The third-order valence-corrected chi connectivity index (χ3v) is 11.7. The SMILES string of the molecule is COc1ccc(C(OC[C@H]2O[C@@H](n3c(=O)cnc4c(OCCc5ccc([N+](=O)[O-])cc5)nc(N)nc43)C[C@@H]2OC(OCCC#N)N(C(C)C)C(C)C)(c2ccccc2)c2ccc(OC)cc2)cc1. The van der Waals surface area contributed by atoms with Crippen molar-refractivity contribution < 1.29 is 38.1 Å². The first-order chi connectivity index (χ1) is 32.9. The highest BCUT2D eigenvalue weighted by Gasteiger charge is 2.45. The van der Waals surface area contributed by atoms with Gasteiger partial charge in [-0.1, -0.05) is 66.7 Å². The number of ether oxygens (including phenoxy) is 7. The first-order valence-electron chi connectivity index (χ1n) is 22.3. The van der Waals surface area contributed by atoms with E-state index in [4.69, 9.17) is 38.9 Å². The molecule has 0 spiro atoms. The molecule has 356 valence electrons. The van der Waals surface area contributed by atoms with Crippen LogP contribution < -0.4 is 25.5 Å². The average molecular weight is 929 g/mol. The van der Waals surface area contributed by atoms with Gasteiger partial charge < -0.3 is 38.9 Å². The maximum Gasteiger partial charge on any atom is 0.272 e. The minimum absolute atomic E-state index is 0.0220. The van der Waals surface area contributed by atoms with Crippen LogP contribution in [0, 0.1) is 21.4 Å². The summed E-state index contributed by atoms with van der Waals surface area (Å²) in [5.41, 5.74) is 7.97. The molecule has 18 heteroatoms. The molecule has 1 unspecified atom stereocenters. The molecule has 1 aliphatic heterocycles. The highest BCUT2D eigenvalue weighted by atomic mass is 16.7. The molecule has 3 heterocycles. The third-order valence-electron chi connectivity index (χ3n) is 11.7. The fourth-order valence-electron chi connectivity index (χ4n) is 8.50. The van der Waals surface area contributed by atoms with Gasteiger partial charge in [0, 0.05) is 37.1 Å². The normalized spacial score (nSPS) is 16.6. The van der Waals surface area contributed by atoms with E-state index in [0.717, 1.165) is 28.5 Å². The first-order valence-corrected chi connectivity index (χ1v) is 22.3. The van der Waals surface area contributed by atoms with Crippen LogP contribution in [-0.2, 0) is 31.0 Å². The molecule has 0 bridgehead atoms. The Morgan fingerprint density at radius 1 is 0.897 bits per heavy atom. The maximum atomic E-state index is 14.1. The van der Waals surface area contributed by atoms with E-state index in [9.17, 15) is 20.2 Å². The van der Waals surface area contributed by atoms with Gasteiger partial charge in [-0.3, -0.25) is 24.4 Å². The molecule has 1 saturated heterocycles. The summed E-state index contributed by atoms with van der Waals surface area (Å²) in [4.78, 5) is 40.0. The Morgan fingerprint density at radius 2 is 1.51 bits per heavy atom. The summed E-state index contributed by atoms with van der Waals surface area (Å²) in [7, 11) is 3.22. The van der Waals surface area contributed by atoms with Crippen molar-refractivity contribution in [2.24, 2.45) is 0 Å². The lowest BCUT2D eigenvalue weighted by Crippen LogP contribution is -2.50. The molecule has 0 aliphatic carbocycles. The number of nitrogen functional groups attached to an aromatic ring is 1. The van der Waals surface area contributed by atoms with Crippen molar-refractivity contribution >= 4 is 22.8 Å². The Labute approximate surface area is 394 Å². The number of hydrogen-bond acceptors (Lipinski definition) is 16. The number of aromatic nitrogens is 4. The molecular formula is C50H56N8O10. The molecule has 6 aromatic rings. The van der Waals surface area contributed by atoms with Crippen LogP contribution in [-0.4, -0.2) is 94.1 Å². The molecule has 4 atom stereocenters. The van der Waals surface area contributed by atoms with Gasteiger partial charge in [0.1, 0.15) is 29.4 Å². The second kappa shape index (κ2) is 22.2. The predicted molar refractivity (Wildman–Crippen MR) is 252 cm³/mol. The summed E-state index contributed by atoms with van der Waals surface area (Å²) in [6.45, 7) is 8.31. The number of non-ortho nitro benzene ring substituents is 1. The van der Waals surface area contributed by atoms with Crippen LogP contribution >= 0.6 is 0 Å². The van der Waals surface area contributed by atoms with Gasteiger partial charge in [-0.15, -0.1) is 0 Å². The number of nitro benzene ring substituents is 1. The van der Waals surface area contributed by atoms with E-state index < -0.39 is 40.9 Å². The van der Waals surface area contributed by atoms with Crippen molar-refractivity contribution in [1.29, 1.82) is 5.26 Å². The molecule has 4 aromatic carbocycles. The summed E-state index contributed by atoms with van der Waals surface area (Å²) in [6, 6.07) is 33.5. The minimum Gasteiger partial charge on any atom is -0.497 e.